The zero-order valence-electron chi connectivity index (χ0n) is 16.3. The van der Waals surface area contributed by atoms with Crippen molar-refractivity contribution >= 4 is 46.2 Å². The molecular formula is C22H21ClN4O2. The molecule has 1 N–H and O–H groups in total. The van der Waals surface area contributed by atoms with E-state index in [1.54, 1.807) is 24.2 Å². The zero-order chi connectivity index (χ0) is 20.5. The summed E-state index contributed by atoms with van der Waals surface area (Å²) in [5.41, 5.74) is 3.85. The lowest BCUT2D eigenvalue weighted by Gasteiger charge is -2.16. The number of nitrogens with one attached hydrogen (secondary N) is 1. The number of aryl methyl sites for hydroxylation is 2. The minimum absolute atomic E-state index is 0.0152. The van der Waals surface area contributed by atoms with Crippen LogP contribution < -0.4 is 5.32 Å². The number of fused-ring (bicyclic) bond motifs is 2. The summed E-state index contributed by atoms with van der Waals surface area (Å²) in [6.07, 6.45) is 8.06. The molecule has 0 bridgehead atoms. The van der Waals surface area contributed by atoms with Crippen molar-refractivity contribution in [2.24, 2.45) is 7.05 Å². The third-order valence-electron chi connectivity index (χ3n) is 5.11. The molecule has 3 heterocycles. The monoisotopic (exact) mass is 408 g/mol. The topological polar surface area (TPSA) is 67.2 Å². The van der Waals surface area contributed by atoms with E-state index in [2.05, 4.69) is 10.3 Å². The highest BCUT2D eigenvalue weighted by molar-refractivity contribution is 6.35. The van der Waals surface area contributed by atoms with Crippen molar-refractivity contribution in [3.05, 3.63) is 64.4 Å². The molecule has 1 aliphatic heterocycles. The molecule has 0 unspecified atom stereocenters. The number of pyridine rings is 1. The van der Waals surface area contributed by atoms with Crippen molar-refractivity contribution in [1.29, 1.82) is 0 Å². The predicted octanol–water partition coefficient (Wildman–Crippen LogP) is 3.78. The highest BCUT2D eigenvalue weighted by atomic mass is 35.5. The van der Waals surface area contributed by atoms with Crippen LogP contribution in [0.3, 0.4) is 0 Å². The first-order valence-electron chi connectivity index (χ1n) is 9.37. The number of carbonyl (C=O) groups is 2. The highest BCUT2D eigenvalue weighted by Gasteiger charge is 2.16. The van der Waals surface area contributed by atoms with Gasteiger partial charge in [-0.05, 0) is 47.4 Å². The van der Waals surface area contributed by atoms with Crippen molar-refractivity contribution in [3.8, 4) is 0 Å². The lowest BCUT2D eigenvalue weighted by atomic mass is 10.0. The first kappa shape index (κ1) is 19.2. The summed E-state index contributed by atoms with van der Waals surface area (Å²) in [4.78, 5) is 30.0. The van der Waals surface area contributed by atoms with E-state index < -0.39 is 0 Å². The quantitative estimate of drug-likeness (QED) is 0.668. The van der Waals surface area contributed by atoms with Crippen molar-refractivity contribution in [2.45, 2.75) is 19.4 Å². The Morgan fingerprint density at radius 2 is 2.21 bits per heavy atom. The van der Waals surface area contributed by atoms with Gasteiger partial charge in [0, 0.05) is 56.4 Å². The summed E-state index contributed by atoms with van der Waals surface area (Å²) in [7, 11) is 3.73. The Balaban J connectivity index is 1.49. The Morgan fingerprint density at radius 3 is 3.03 bits per heavy atom. The molecule has 7 heteroatoms. The number of carbonyl (C=O) groups excluding carboxylic acids is 2. The van der Waals surface area contributed by atoms with Crippen molar-refractivity contribution < 1.29 is 9.59 Å². The van der Waals surface area contributed by atoms with E-state index in [1.165, 1.54) is 6.08 Å². The van der Waals surface area contributed by atoms with Gasteiger partial charge >= 0.3 is 0 Å². The molecule has 148 valence electrons. The van der Waals surface area contributed by atoms with Gasteiger partial charge in [0.1, 0.15) is 5.82 Å². The number of hydrogen-bond acceptors (Lipinski definition) is 3. The molecular weight excluding hydrogens is 388 g/mol. The fourth-order valence-electron chi connectivity index (χ4n) is 3.61. The average Bonchev–Trinajstić information content (AvgIpc) is 3.02. The van der Waals surface area contributed by atoms with E-state index in [0.717, 1.165) is 27.6 Å². The van der Waals surface area contributed by atoms with Gasteiger partial charge in [0.15, 0.2) is 0 Å². The number of anilines is 1. The number of nitrogens with zero attached hydrogens (tertiary/aromatic N) is 3. The van der Waals surface area contributed by atoms with Crippen LogP contribution in [0.15, 0.2) is 42.7 Å². The minimum atomic E-state index is -0.111. The second kappa shape index (κ2) is 7.72. The van der Waals surface area contributed by atoms with E-state index in [4.69, 9.17) is 11.6 Å². The Morgan fingerprint density at radius 1 is 1.38 bits per heavy atom. The van der Waals surface area contributed by atoms with Crippen molar-refractivity contribution in [1.82, 2.24) is 14.5 Å². The number of halogens is 1. The summed E-state index contributed by atoms with van der Waals surface area (Å²) in [6, 6.07) is 7.75. The van der Waals surface area contributed by atoms with Gasteiger partial charge in [-0.3, -0.25) is 9.59 Å². The van der Waals surface area contributed by atoms with Crippen LogP contribution in [-0.2, 0) is 29.6 Å². The van der Waals surface area contributed by atoms with Gasteiger partial charge in [0.25, 0.3) is 0 Å². The maximum atomic E-state index is 12.6. The average molecular weight is 409 g/mol. The second-order valence-corrected chi connectivity index (χ2v) is 7.66. The van der Waals surface area contributed by atoms with E-state index in [0.29, 0.717) is 30.2 Å². The molecule has 0 saturated heterocycles. The first-order valence-corrected chi connectivity index (χ1v) is 9.74. The van der Waals surface area contributed by atoms with E-state index in [-0.39, 0.29) is 11.8 Å². The van der Waals surface area contributed by atoms with Crippen LogP contribution in [0.4, 0.5) is 5.82 Å². The summed E-state index contributed by atoms with van der Waals surface area (Å²) < 4.78 is 2.02. The number of likely N-dealkylation sites (N-methyl/N-ethyl adjacent to an activating group) is 1. The van der Waals surface area contributed by atoms with Crippen LogP contribution in [0.5, 0.6) is 0 Å². The van der Waals surface area contributed by atoms with Crippen LogP contribution >= 0.6 is 11.6 Å². The molecule has 0 spiro atoms. The second-order valence-electron chi connectivity index (χ2n) is 7.25. The number of hydrogen-bond donors (Lipinski definition) is 1. The third kappa shape index (κ3) is 3.89. The zero-order valence-corrected chi connectivity index (χ0v) is 17.0. The summed E-state index contributed by atoms with van der Waals surface area (Å²) >= 11 is 6.38. The highest BCUT2D eigenvalue weighted by Crippen LogP contribution is 2.29. The fraction of sp³-hybridized carbons (Fsp3) is 0.227. The van der Waals surface area contributed by atoms with Crippen molar-refractivity contribution in [2.75, 3.05) is 12.4 Å². The standard InChI is InChI=1S/C22H21ClN4O2/c1-26-12-16(21-17(23)4-3-5-18(21)26)13-27(2)20(29)9-6-14-10-15-7-8-19(28)25-22(15)24-11-14/h3-6,9-12H,7-8,13H2,1-2H3,(H,24,25,28)/b9-6+. The largest absolute Gasteiger partial charge is 0.350 e. The molecule has 2 amide bonds. The lowest BCUT2D eigenvalue weighted by molar-refractivity contribution is -0.125. The van der Waals surface area contributed by atoms with Gasteiger partial charge in [0.05, 0.1) is 5.02 Å². The molecule has 3 aromatic rings. The molecule has 0 fully saturated rings. The predicted molar refractivity (Wildman–Crippen MR) is 115 cm³/mol. The maximum absolute atomic E-state index is 12.6. The van der Waals surface area contributed by atoms with Crippen LogP contribution in [-0.4, -0.2) is 33.3 Å². The molecule has 0 radical (unpaired) electrons. The molecule has 1 aliphatic rings. The maximum Gasteiger partial charge on any atom is 0.246 e. The summed E-state index contributed by atoms with van der Waals surface area (Å²) in [5, 5.41) is 4.41. The fourth-order valence-corrected chi connectivity index (χ4v) is 3.90. The van der Waals surface area contributed by atoms with E-state index in [1.807, 2.05) is 42.1 Å². The van der Waals surface area contributed by atoms with Gasteiger partial charge < -0.3 is 14.8 Å². The number of aromatic nitrogens is 2. The first-order chi connectivity index (χ1) is 13.9. The third-order valence-corrected chi connectivity index (χ3v) is 5.43. The number of amides is 2. The molecule has 0 aliphatic carbocycles. The normalized spacial score (nSPS) is 13.6. The van der Waals surface area contributed by atoms with E-state index in [9.17, 15) is 9.59 Å². The minimum Gasteiger partial charge on any atom is -0.350 e. The smallest absolute Gasteiger partial charge is 0.246 e. The molecule has 4 rings (SSSR count). The molecule has 29 heavy (non-hydrogen) atoms. The van der Waals surface area contributed by atoms with E-state index >= 15 is 0 Å². The summed E-state index contributed by atoms with van der Waals surface area (Å²) in [5.74, 6) is 0.480. The van der Waals surface area contributed by atoms with Gasteiger partial charge in [0.2, 0.25) is 11.8 Å². The molecule has 0 atom stereocenters. The lowest BCUT2D eigenvalue weighted by Crippen LogP contribution is -2.24. The van der Waals surface area contributed by atoms with Crippen LogP contribution in [0.1, 0.15) is 23.1 Å². The van der Waals surface area contributed by atoms with Gasteiger partial charge in [-0.25, -0.2) is 4.98 Å². The Kier molecular flexibility index (Phi) is 5.11. The molecule has 1 aromatic carbocycles. The van der Waals surface area contributed by atoms with Gasteiger partial charge in [-0.1, -0.05) is 17.7 Å². The Bertz CT molecular complexity index is 1150. The molecule has 6 nitrogen and oxygen atoms in total. The van der Waals surface area contributed by atoms with Gasteiger partial charge in [-0.2, -0.15) is 0 Å². The molecule has 2 aromatic heterocycles. The SMILES string of the molecule is CN(Cc1cn(C)c2cccc(Cl)c12)C(=O)/C=C/c1cnc2c(c1)CCC(=O)N2. The van der Waals surface area contributed by atoms with Crippen LogP contribution in [0, 0.1) is 0 Å². The summed E-state index contributed by atoms with van der Waals surface area (Å²) in [6.45, 7) is 0.457. The van der Waals surface area contributed by atoms with Crippen LogP contribution in [0.25, 0.3) is 17.0 Å². The van der Waals surface area contributed by atoms with Gasteiger partial charge in [-0.15, -0.1) is 0 Å². The number of benzene rings is 1. The Hall–Kier alpha value is -3.12. The Labute approximate surface area is 173 Å². The molecule has 0 saturated carbocycles. The number of rotatable bonds is 4. The van der Waals surface area contributed by atoms with Crippen LogP contribution in [0.2, 0.25) is 5.02 Å². The van der Waals surface area contributed by atoms with Crippen molar-refractivity contribution in [3.63, 3.8) is 0 Å².